The van der Waals surface area contributed by atoms with Crippen LogP contribution in [0.1, 0.15) is 16.8 Å². The molecule has 2 aromatic rings. The van der Waals surface area contributed by atoms with Gasteiger partial charge in [-0.25, -0.2) is 0 Å². The minimum atomic E-state index is 0.765. The first-order valence-electron chi connectivity index (χ1n) is 5.57. The summed E-state index contributed by atoms with van der Waals surface area (Å²) in [6, 6.07) is 10.6. The molecule has 0 aliphatic rings. The maximum Gasteiger partial charge on any atom is 0.0594 e. The van der Waals surface area contributed by atoms with Gasteiger partial charge in [0.1, 0.15) is 0 Å². The molecular weight excluding hydrogens is 323 g/mol. The molecule has 0 amide bonds. The predicted octanol–water partition coefficient (Wildman–Crippen LogP) is 3.92. The van der Waals surface area contributed by atoms with E-state index in [4.69, 9.17) is 0 Å². The van der Waals surface area contributed by atoms with Crippen LogP contribution < -0.4 is 5.32 Å². The van der Waals surface area contributed by atoms with Crippen molar-refractivity contribution in [3.8, 4) is 0 Å². The highest BCUT2D eigenvalue weighted by molar-refractivity contribution is 14.1. The summed E-state index contributed by atoms with van der Waals surface area (Å²) < 4.78 is 1.24. The van der Waals surface area contributed by atoms with Crippen LogP contribution in [-0.4, -0.2) is 4.98 Å². The fourth-order valence-corrected chi connectivity index (χ4v) is 2.06. The van der Waals surface area contributed by atoms with E-state index in [1.54, 1.807) is 0 Å². The van der Waals surface area contributed by atoms with E-state index in [1.165, 1.54) is 20.4 Å². The second-order valence-corrected chi connectivity index (χ2v) is 5.39. The number of nitrogens with zero attached hydrogens (tertiary/aromatic N) is 1. The molecule has 1 heterocycles. The molecule has 2 rings (SSSR count). The number of aromatic nitrogens is 1. The molecule has 17 heavy (non-hydrogen) atoms. The lowest BCUT2D eigenvalue weighted by Gasteiger charge is -2.09. The van der Waals surface area contributed by atoms with Gasteiger partial charge >= 0.3 is 0 Å². The van der Waals surface area contributed by atoms with Crippen molar-refractivity contribution in [1.29, 1.82) is 0 Å². The summed E-state index contributed by atoms with van der Waals surface area (Å²) in [5, 5.41) is 3.42. The Bertz CT molecular complexity index is 506. The predicted molar refractivity (Wildman–Crippen MR) is 80.2 cm³/mol. The highest BCUT2D eigenvalue weighted by Gasteiger charge is 1.99. The lowest BCUT2D eigenvalue weighted by molar-refractivity contribution is 1.03. The van der Waals surface area contributed by atoms with E-state index in [9.17, 15) is 0 Å². The SMILES string of the molecule is Cc1ccc(CNc2cc(I)ccc2C)nc1. The van der Waals surface area contributed by atoms with E-state index in [-0.39, 0.29) is 0 Å². The van der Waals surface area contributed by atoms with E-state index in [2.05, 4.69) is 70.1 Å². The number of benzene rings is 1. The van der Waals surface area contributed by atoms with Crippen LogP contribution in [0.2, 0.25) is 0 Å². The lowest BCUT2D eigenvalue weighted by Crippen LogP contribution is -2.03. The van der Waals surface area contributed by atoms with Crippen molar-refractivity contribution in [2.75, 3.05) is 5.32 Å². The smallest absolute Gasteiger partial charge is 0.0594 e. The highest BCUT2D eigenvalue weighted by Crippen LogP contribution is 2.18. The molecule has 1 N–H and O–H groups in total. The van der Waals surface area contributed by atoms with Crippen molar-refractivity contribution in [1.82, 2.24) is 4.98 Å². The van der Waals surface area contributed by atoms with Gasteiger partial charge < -0.3 is 5.32 Å². The molecule has 0 atom stereocenters. The van der Waals surface area contributed by atoms with Crippen LogP contribution in [0.4, 0.5) is 5.69 Å². The molecule has 0 bridgehead atoms. The van der Waals surface area contributed by atoms with Crippen molar-refractivity contribution in [3.05, 3.63) is 56.9 Å². The number of pyridine rings is 1. The third-order valence-electron chi connectivity index (χ3n) is 2.63. The van der Waals surface area contributed by atoms with E-state index in [1.807, 2.05) is 13.1 Å². The Labute approximate surface area is 116 Å². The number of nitrogens with one attached hydrogen (secondary N) is 1. The molecule has 1 aromatic carbocycles. The minimum Gasteiger partial charge on any atom is -0.379 e. The number of aryl methyl sites for hydroxylation is 2. The van der Waals surface area contributed by atoms with E-state index >= 15 is 0 Å². The van der Waals surface area contributed by atoms with Crippen molar-refractivity contribution in [3.63, 3.8) is 0 Å². The number of hydrogen-bond donors (Lipinski definition) is 1. The van der Waals surface area contributed by atoms with Gasteiger partial charge in [0, 0.05) is 15.5 Å². The average Bonchev–Trinajstić information content (AvgIpc) is 2.32. The summed E-state index contributed by atoms with van der Waals surface area (Å²) in [4.78, 5) is 4.38. The van der Waals surface area contributed by atoms with E-state index in [0.29, 0.717) is 0 Å². The second kappa shape index (κ2) is 5.49. The Morgan fingerprint density at radius 2 is 2.00 bits per heavy atom. The van der Waals surface area contributed by atoms with Crippen LogP contribution >= 0.6 is 22.6 Å². The average molecular weight is 338 g/mol. The standard InChI is InChI=1S/C14H15IN2/c1-10-3-6-13(16-8-10)9-17-14-7-12(15)5-4-11(14)2/h3-8,17H,9H2,1-2H3. The quantitative estimate of drug-likeness (QED) is 0.859. The van der Waals surface area contributed by atoms with Gasteiger partial charge in [0.15, 0.2) is 0 Å². The molecule has 0 unspecified atom stereocenters. The molecule has 0 fully saturated rings. The zero-order valence-electron chi connectivity index (χ0n) is 10.00. The topological polar surface area (TPSA) is 24.9 Å². The summed E-state index contributed by atoms with van der Waals surface area (Å²) in [5.41, 5.74) is 4.70. The third kappa shape index (κ3) is 3.43. The van der Waals surface area contributed by atoms with Crippen molar-refractivity contribution in [2.24, 2.45) is 0 Å². The molecule has 0 saturated heterocycles. The first-order valence-corrected chi connectivity index (χ1v) is 6.64. The van der Waals surface area contributed by atoms with Gasteiger partial charge in [0.2, 0.25) is 0 Å². The molecule has 3 heteroatoms. The number of rotatable bonds is 3. The van der Waals surface area contributed by atoms with Gasteiger partial charge in [-0.1, -0.05) is 12.1 Å². The van der Waals surface area contributed by atoms with Gasteiger partial charge in [-0.15, -0.1) is 0 Å². The normalized spacial score (nSPS) is 10.3. The Morgan fingerprint density at radius 3 is 2.71 bits per heavy atom. The highest BCUT2D eigenvalue weighted by atomic mass is 127. The third-order valence-corrected chi connectivity index (χ3v) is 3.30. The fraction of sp³-hybridized carbons (Fsp3) is 0.214. The zero-order valence-corrected chi connectivity index (χ0v) is 12.2. The van der Waals surface area contributed by atoms with Crippen LogP contribution in [0.3, 0.4) is 0 Å². The van der Waals surface area contributed by atoms with Crippen LogP contribution in [0, 0.1) is 17.4 Å². The second-order valence-electron chi connectivity index (χ2n) is 4.14. The molecule has 0 radical (unpaired) electrons. The molecule has 0 aliphatic heterocycles. The van der Waals surface area contributed by atoms with Gasteiger partial charge in [0.05, 0.1) is 12.2 Å². The Hall–Kier alpha value is -1.10. The van der Waals surface area contributed by atoms with Gasteiger partial charge in [-0.05, 0) is 65.8 Å². The van der Waals surface area contributed by atoms with Gasteiger partial charge in [-0.2, -0.15) is 0 Å². The molecule has 1 aromatic heterocycles. The maximum atomic E-state index is 4.38. The lowest BCUT2D eigenvalue weighted by atomic mass is 10.2. The Balaban J connectivity index is 2.07. The van der Waals surface area contributed by atoms with Crippen LogP contribution in [-0.2, 0) is 6.54 Å². The van der Waals surface area contributed by atoms with Crippen molar-refractivity contribution < 1.29 is 0 Å². The summed E-state index contributed by atoms with van der Waals surface area (Å²) in [6.07, 6.45) is 1.90. The number of halogens is 1. The first-order chi connectivity index (χ1) is 8.15. The zero-order chi connectivity index (χ0) is 12.3. The fourth-order valence-electron chi connectivity index (χ4n) is 1.57. The van der Waals surface area contributed by atoms with Gasteiger partial charge in [0.25, 0.3) is 0 Å². The summed E-state index contributed by atoms with van der Waals surface area (Å²) in [5.74, 6) is 0. The van der Waals surface area contributed by atoms with Crippen LogP contribution in [0.15, 0.2) is 36.5 Å². The van der Waals surface area contributed by atoms with Crippen molar-refractivity contribution in [2.45, 2.75) is 20.4 Å². The summed E-state index contributed by atoms with van der Waals surface area (Å²) in [7, 11) is 0. The summed E-state index contributed by atoms with van der Waals surface area (Å²) >= 11 is 2.33. The van der Waals surface area contributed by atoms with E-state index in [0.717, 1.165) is 12.2 Å². The van der Waals surface area contributed by atoms with Crippen LogP contribution in [0.25, 0.3) is 0 Å². The molecule has 0 spiro atoms. The summed E-state index contributed by atoms with van der Waals surface area (Å²) in [6.45, 7) is 4.93. The Kier molecular flexibility index (Phi) is 3.99. The number of anilines is 1. The maximum absolute atomic E-state index is 4.38. The first kappa shape index (κ1) is 12.4. The van der Waals surface area contributed by atoms with E-state index < -0.39 is 0 Å². The molecule has 0 aliphatic carbocycles. The number of hydrogen-bond acceptors (Lipinski definition) is 2. The molecule has 0 saturated carbocycles. The molecular formula is C14H15IN2. The molecule has 88 valence electrons. The minimum absolute atomic E-state index is 0.765. The van der Waals surface area contributed by atoms with Gasteiger partial charge in [-0.3, -0.25) is 4.98 Å². The monoisotopic (exact) mass is 338 g/mol. The van der Waals surface area contributed by atoms with Crippen LogP contribution in [0.5, 0.6) is 0 Å². The van der Waals surface area contributed by atoms with Crippen molar-refractivity contribution >= 4 is 28.3 Å². The Morgan fingerprint density at radius 1 is 1.18 bits per heavy atom. The molecule has 2 nitrogen and oxygen atoms in total. The largest absolute Gasteiger partial charge is 0.379 e.